The van der Waals surface area contributed by atoms with E-state index in [-0.39, 0.29) is 12.5 Å². The van der Waals surface area contributed by atoms with Gasteiger partial charge in [-0.05, 0) is 55.4 Å². The van der Waals surface area contributed by atoms with Crippen LogP contribution in [0.15, 0.2) is 36.9 Å². The van der Waals surface area contributed by atoms with Crippen molar-refractivity contribution in [3.05, 3.63) is 42.5 Å². The van der Waals surface area contributed by atoms with Crippen LogP contribution in [0.2, 0.25) is 0 Å². The summed E-state index contributed by atoms with van der Waals surface area (Å²) < 4.78 is 24.9. The number of rotatable bonds is 6. The van der Waals surface area contributed by atoms with Crippen LogP contribution in [0.5, 0.6) is 0 Å². The van der Waals surface area contributed by atoms with E-state index in [1.807, 2.05) is 0 Å². The molecule has 2 saturated carbocycles. The van der Waals surface area contributed by atoms with Crippen LogP contribution in [0, 0.1) is 11.8 Å². The van der Waals surface area contributed by atoms with E-state index in [2.05, 4.69) is 11.9 Å². The summed E-state index contributed by atoms with van der Waals surface area (Å²) in [6.07, 6.45) is 7.56. The first-order valence-corrected chi connectivity index (χ1v) is 10.2. The predicted molar refractivity (Wildman–Crippen MR) is 95.5 cm³/mol. The third kappa shape index (κ3) is 3.48. The number of amides is 1. The zero-order chi connectivity index (χ0) is 17.3. The minimum Gasteiger partial charge on any atom is -0.349 e. The number of nitrogens with zero attached hydrogens (tertiary/aromatic N) is 1. The quantitative estimate of drug-likeness (QED) is 0.804. The second-order valence-electron chi connectivity index (χ2n) is 6.88. The van der Waals surface area contributed by atoms with E-state index in [1.165, 1.54) is 29.6 Å². The van der Waals surface area contributed by atoms with Gasteiger partial charge in [0.15, 0.2) is 0 Å². The lowest BCUT2D eigenvalue weighted by Crippen LogP contribution is -2.38. The molecule has 0 unspecified atom stereocenters. The number of hydrogen-bond acceptors (Lipinski definition) is 3. The number of fused-ring (bicyclic) bond motifs is 2. The van der Waals surface area contributed by atoms with Crippen LogP contribution in [-0.4, -0.2) is 33.2 Å². The van der Waals surface area contributed by atoms with Gasteiger partial charge in [-0.15, -0.1) is 6.58 Å². The van der Waals surface area contributed by atoms with Gasteiger partial charge in [-0.3, -0.25) is 9.10 Å². The lowest BCUT2D eigenvalue weighted by Gasteiger charge is -2.23. The minimum atomic E-state index is -3.38. The van der Waals surface area contributed by atoms with Gasteiger partial charge in [0.25, 0.3) is 5.91 Å². The standard InChI is InChI=1S/C18H24N2O3S/c1-3-10-20(24(2,22)23)16-8-6-14(7-9-16)18(21)19-17-12-13-4-5-15(17)11-13/h3,6-9,13,15,17H,1,4-5,10-12H2,2H3,(H,19,21)/t13-,15-,17-/m1/s1. The highest BCUT2D eigenvalue weighted by atomic mass is 32.2. The van der Waals surface area contributed by atoms with Crippen molar-refractivity contribution in [2.24, 2.45) is 11.8 Å². The molecule has 24 heavy (non-hydrogen) atoms. The van der Waals surface area contributed by atoms with Crippen LogP contribution in [0.25, 0.3) is 0 Å². The number of benzene rings is 1. The summed E-state index contributed by atoms with van der Waals surface area (Å²) in [5.41, 5.74) is 1.10. The molecule has 2 bridgehead atoms. The SMILES string of the molecule is C=CCN(c1ccc(C(=O)N[C@@H]2C[C@@H]3CC[C@@H]2C3)cc1)S(C)(=O)=O. The van der Waals surface area contributed by atoms with Gasteiger partial charge >= 0.3 is 0 Å². The average molecular weight is 348 g/mol. The average Bonchev–Trinajstić information content (AvgIpc) is 3.14. The highest BCUT2D eigenvalue weighted by Crippen LogP contribution is 2.44. The van der Waals surface area contributed by atoms with E-state index >= 15 is 0 Å². The van der Waals surface area contributed by atoms with Crippen LogP contribution < -0.4 is 9.62 Å². The molecule has 0 spiro atoms. The van der Waals surface area contributed by atoms with Crippen LogP contribution in [0.4, 0.5) is 5.69 Å². The first-order chi connectivity index (χ1) is 11.4. The first kappa shape index (κ1) is 17.0. The molecule has 3 atom stereocenters. The summed E-state index contributed by atoms with van der Waals surface area (Å²) in [7, 11) is -3.38. The Morgan fingerprint density at radius 2 is 2.00 bits per heavy atom. The molecular weight excluding hydrogens is 324 g/mol. The van der Waals surface area contributed by atoms with Gasteiger partial charge in [-0.2, -0.15) is 0 Å². The Morgan fingerprint density at radius 3 is 2.50 bits per heavy atom. The number of carbonyl (C=O) groups excluding carboxylic acids is 1. The van der Waals surface area contributed by atoms with E-state index in [4.69, 9.17) is 0 Å². The molecule has 1 amide bonds. The van der Waals surface area contributed by atoms with Crippen molar-refractivity contribution in [2.45, 2.75) is 31.7 Å². The van der Waals surface area contributed by atoms with E-state index in [0.717, 1.165) is 18.6 Å². The fraction of sp³-hybridized carbons (Fsp3) is 0.500. The van der Waals surface area contributed by atoms with E-state index in [1.54, 1.807) is 24.3 Å². The Balaban J connectivity index is 1.69. The van der Waals surface area contributed by atoms with E-state index < -0.39 is 10.0 Å². The Morgan fingerprint density at radius 1 is 1.29 bits per heavy atom. The highest BCUT2D eigenvalue weighted by molar-refractivity contribution is 7.92. The molecular formula is C18H24N2O3S. The summed E-state index contributed by atoms with van der Waals surface area (Å²) in [6.45, 7) is 3.79. The Bertz CT molecular complexity index is 727. The smallest absolute Gasteiger partial charge is 0.251 e. The van der Waals surface area contributed by atoms with Crippen molar-refractivity contribution >= 4 is 21.6 Å². The molecule has 0 radical (unpaired) electrons. The van der Waals surface area contributed by atoms with Crippen LogP contribution in [-0.2, 0) is 10.0 Å². The van der Waals surface area contributed by atoms with Crippen molar-refractivity contribution in [2.75, 3.05) is 17.1 Å². The molecule has 1 N–H and O–H groups in total. The maximum atomic E-state index is 12.4. The number of hydrogen-bond donors (Lipinski definition) is 1. The maximum Gasteiger partial charge on any atom is 0.251 e. The van der Waals surface area contributed by atoms with Gasteiger partial charge in [-0.1, -0.05) is 12.5 Å². The third-order valence-corrected chi connectivity index (χ3v) is 6.33. The Kier molecular flexibility index (Phi) is 4.67. The second-order valence-corrected chi connectivity index (χ2v) is 8.79. The summed E-state index contributed by atoms with van der Waals surface area (Å²) in [4.78, 5) is 12.4. The second kappa shape index (κ2) is 6.59. The Labute approximate surface area is 143 Å². The van der Waals surface area contributed by atoms with Crippen molar-refractivity contribution in [1.82, 2.24) is 5.32 Å². The fourth-order valence-electron chi connectivity index (χ4n) is 4.00. The molecule has 0 saturated heterocycles. The van der Waals surface area contributed by atoms with Crippen LogP contribution in [0.3, 0.4) is 0 Å². The fourth-order valence-corrected chi connectivity index (χ4v) is 4.88. The molecule has 5 nitrogen and oxygen atoms in total. The highest BCUT2D eigenvalue weighted by Gasteiger charge is 2.40. The molecule has 0 heterocycles. The molecule has 3 rings (SSSR count). The third-order valence-electron chi connectivity index (χ3n) is 5.17. The predicted octanol–water partition coefficient (Wildman–Crippen LogP) is 2.56. The van der Waals surface area contributed by atoms with Gasteiger partial charge in [-0.25, -0.2) is 8.42 Å². The summed E-state index contributed by atoms with van der Waals surface area (Å²) in [5, 5.41) is 3.14. The topological polar surface area (TPSA) is 66.5 Å². The van der Waals surface area contributed by atoms with Crippen molar-refractivity contribution in [1.29, 1.82) is 0 Å². The molecule has 0 aromatic heterocycles. The van der Waals surface area contributed by atoms with Crippen LogP contribution in [0.1, 0.15) is 36.0 Å². The largest absolute Gasteiger partial charge is 0.349 e. The number of anilines is 1. The zero-order valence-corrected chi connectivity index (χ0v) is 14.8. The molecule has 2 fully saturated rings. The number of sulfonamides is 1. The molecule has 130 valence electrons. The molecule has 1 aromatic rings. The van der Waals surface area contributed by atoms with Gasteiger partial charge in [0.05, 0.1) is 18.5 Å². The zero-order valence-electron chi connectivity index (χ0n) is 13.9. The van der Waals surface area contributed by atoms with Gasteiger partial charge < -0.3 is 5.32 Å². The molecule has 6 heteroatoms. The van der Waals surface area contributed by atoms with Crippen LogP contribution >= 0.6 is 0 Å². The van der Waals surface area contributed by atoms with Crippen molar-refractivity contribution in [3.63, 3.8) is 0 Å². The lowest BCUT2D eigenvalue weighted by molar-refractivity contribution is 0.0923. The molecule has 2 aliphatic rings. The minimum absolute atomic E-state index is 0.0753. The van der Waals surface area contributed by atoms with Crippen molar-refractivity contribution in [3.8, 4) is 0 Å². The summed E-state index contributed by atoms with van der Waals surface area (Å²) in [5.74, 6) is 1.34. The molecule has 2 aliphatic carbocycles. The van der Waals surface area contributed by atoms with Gasteiger partial charge in [0.2, 0.25) is 10.0 Å². The molecule has 0 aliphatic heterocycles. The lowest BCUT2D eigenvalue weighted by atomic mass is 9.95. The first-order valence-electron chi connectivity index (χ1n) is 8.38. The van der Waals surface area contributed by atoms with E-state index in [0.29, 0.717) is 23.2 Å². The molecule has 1 aromatic carbocycles. The number of carbonyl (C=O) groups is 1. The van der Waals surface area contributed by atoms with Gasteiger partial charge in [0.1, 0.15) is 0 Å². The number of nitrogens with one attached hydrogen (secondary N) is 1. The van der Waals surface area contributed by atoms with Gasteiger partial charge in [0, 0.05) is 11.6 Å². The van der Waals surface area contributed by atoms with E-state index in [9.17, 15) is 13.2 Å². The summed E-state index contributed by atoms with van der Waals surface area (Å²) >= 11 is 0. The maximum absolute atomic E-state index is 12.4. The summed E-state index contributed by atoms with van der Waals surface area (Å²) in [6, 6.07) is 6.99. The normalized spacial score (nSPS) is 25.5. The monoisotopic (exact) mass is 348 g/mol. The van der Waals surface area contributed by atoms with Crippen molar-refractivity contribution < 1.29 is 13.2 Å². The Hall–Kier alpha value is -1.82.